The molecule has 22 heavy (non-hydrogen) atoms. The van der Waals surface area contributed by atoms with E-state index in [9.17, 15) is 13.2 Å². The van der Waals surface area contributed by atoms with E-state index in [1.807, 2.05) is 24.3 Å². The summed E-state index contributed by atoms with van der Waals surface area (Å²) in [6.45, 7) is -0.126. The summed E-state index contributed by atoms with van der Waals surface area (Å²) in [4.78, 5) is 0. The smallest absolute Gasteiger partial charge is 0.408 e. The lowest BCUT2D eigenvalue weighted by molar-refractivity contribution is -0.142. The molecule has 2 rings (SSSR count). The number of rotatable bonds is 6. The molecule has 0 bridgehead atoms. The van der Waals surface area contributed by atoms with Gasteiger partial charge in [0.2, 0.25) is 0 Å². The average Bonchev–Trinajstić information content (AvgIpc) is 2.84. The Hall–Kier alpha value is -1.73. The second kappa shape index (κ2) is 8.05. The number of aromatic nitrogens is 2. The minimum atomic E-state index is -4.26. The van der Waals surface area contributed by atoms with Crippen LogP contribution in [0.5, 0.6) is 5.75 Å². The summed E-state index contributed by atoms with van der Waals surface area (Å²) in [5, 5.41) is 7.00. The molecule has 0 fully saturated rings. The molecule has 0 radical (unpaired) electrons. The van der Waals surface area contributed by atoms with Crippen LogP contribution < -0.4 is 10.1 Å². The predicted molar refractivity (Wildman–Crippen MR) is 79.1 cm³/mol. The summed E-state index contributed by atoms with van der Waals surface area (Å²) in [5.41, 5.74) is 1.55. The lowest BCUT2D eigenvalue weighted by Crippen LogP contribution is -2.19. The van der Waals surface area contributed by atoms with E-state index in [4.69, 9.17) is 4.74 Å². The van der Waals surface area contributed by atoms with Crippen LogP contribution in [0, 0.1) is 0 Å². The molecule has 4 nitrogen and oxygen atoms in total. The minimum Gasteiger partial charge on any atom is -0.496 e. The van der Waals surface area contributed by atoms with Crippen molar-refractivity contribution in [2.75, 3.05) is 7.11 Å². The lowest BCUT2D eigenvalue weighted by Gasteiger charge is -2.08. The predicted octanol–water partition coefficient (Wildman–Crippen LogP) is 3.17. The minimum absolute atomic E-state index is 0. The normalized spacial score (nSPS) is 11.1. The molecule has 0 spiro atoms. The number of para-hydroxylation sites is 1. The van der Waals surface area contributed by atoms with E-state index >= 15 is 0 Å². The van der Waals surface area contributed by atoms with Crippen LogP contribution in [0.15, 0.2) is 36.5 Å². The number of benzene rings is 1. The first-order valence-electron chi connectivity index (χ1n) is 6.39. The molecule has 0 aliphatic heterocycles. The van der Waals surface area contributed by atoms with E-state index in [-0.39, 0.29) is 12.4 Å². The monoisotopic (exact) mass is 335 g/mol. The number of alkyl halides is 3. The zero-order chi connectivity index (χ0) is 15.3. The van der Waals surface area contributed by atoms with Crippen LogP contribution in [-0.2, 0) is 19.6 Å². The second-order valence-corrected chi connectivity index (χ2v) is 4.54. The Kier molecular flexibility index (Phi) is 6.70. The first-order chi connectivity index (χ1) is 9.98. The van der Waals surface area contributed by atoms with Crippen LogP contribution in [0.2, 0.25) is 0 Å². The number of nitrogens with zero attached hydrogens (tertiary/aromatic N) is 2. The number of halogens is 4. The fourth-order valence-electron chi connectivity index (χ4n) is 1.94. The van der Waals surface area contributed by atoms with E-state index in [1.165, 1.54) is 6.20 Å². The summed E-state index contributed by atoms with van der Waals surface area (Å²) in [5.74, 6) is 0.771. The highest BCUT2D eigenvalue weighted by atomic mass is 35.5. The first-order valence-corrected chi connectivity index (χ1v) is 6.39. The van der Waals surface area contributed by atoms with Gasteiger partial charge in [0.15, 0.2) is 0 Å². The van der Waals surface area contributed by atoms with E-state index in [0.717, 1.165) is 16.0 Å². The van der Waals surface area contributed by atoms with Crippen molar-refractivity contribution in [2.24, 2.45) is 0 Å². The van der Waals surface area contributed by atoms with Crippen molar-refractivity contribution >= 4 is 12.4 Å². The molecule has 1 aromatic heterocycles. The van der Waals surface area contributed by atoms with Crippen molar-refractivity contribution in [2.45, 2.75) is 25.8 Å². The Bertz CT molecular complexity index is 587. The Balaban J connectivity index is 0.00000242. The van der Waals surface area contributed by atoms with Gasteiger partial charge in [0.1, 0.15) is 12.3 Å². The Morgan fingerprint density at radius 2 is 1.91 bits per heavy atom. The highest BCUT2D eigenvalue weighted by Gasteiger charge is 2.28. The molecule has 0 saturated carbocycles. The molecule has 8 heteroatoms. The largest absolute Gasteiger partial charge is 0.496 e. The maximum absolute atomic E-state index is 12.2. The molecule has 0 atom stereocenters. The quantitative estimate of drug-likeness (QED) is 0.881. The topological polar surface area (TPSA) is 39.1 Å². The molecule has 1 aromatic carbocycles. The van der Waals surface area contributed by atoms with Gasteiger partial charge in [0.25, 0.3) is 0 Å². The lowest BCUT2D eigenvalue weighted by atomic mass is 10.2. The van der Waals surface area contributed by atoms with Gasteiger partial charge in [-0.2, -0.15) is 18.3 Å². The van der Waals surface area contributed by atoms with Gasteiger partial charge < -0.3 is 10.1 Å². The summed E-state index contributed by atoms with van der Waals surface area (Å²) in [6.07, 6.45) is -2.93. The van der Waals surface area contributed by atoms with E-state index in [1.54, 1.807) is 13.2 Å². The molecule has 122 valence electrons. The van der Waals surface area contributed by atoms with Crippen LogP contribution in [0.3, 0.4) is 0 Å². The van der Waals surface area contributed by atoms with Gasteiger partial charge in [-0.05, 0) is 12.1 Å². The first kappa shape index (κ1) is 18.3. The highest BCUT2D eigenvalue weighted by molar-refractivity contribution is 5.85. The SMILES string of the molecule is COc1ccccc1CNCc1ccn(CC(F)(F)F)n1.Cl. The van der Waals surface area contributed by atoms with Gasteiger partial charge in [-0.25, -0.2) is 0 Å². The van der Waals surface area contributed by atoms with Crippen molar-refractivity contribution in [1.82, 2.24) is 15.1 Å². The third-order valence-electron chi connectivity index (χ3n) is 2.85. The molecule has 0 unspecified atom stereocenters. The maximum Gasteiger partial charge on any atom is 0.408 e. The molecule has 0 saturated heterocycles. The van der Waals surface area contributed by atoms with Crippen molar-refractivity contribution in [3.8, 4) is 5.75 Å². The maximum atomic E-state index is 12.2. The van der Waals surface area contributed by atoms with Crippen molar-refractivity contribution in [1.29, 1.82) is 0 Å². The number of methoxy groups -OCH3 is 1. The van der Waals surface area contributed by atoms with Gasteiger partial charge in [0.05, 0.1) is 12.8 Å². The molecule has 1 N–H and O–H groups in total. The van der Waals surface area contributed by atoms with Gasteiger partial charge in [0, 0.05) is 24.8 Å². The summed E-state index contributed by atoms with van der Waals surface area (Å²) < 4.78 is 42.8. The van der Waals surface area contributed by atoms with Crippen LogP contribution >= 0.6 is 12.4 Å². The average molecular weight is 336 g/mol. The summed E-state index contributed by atoms with van der Waals surface area (Å²) in [6, 6.07) is 9.13. The van der Waals surface area contributed by atoms with Gasteiger partial charge in [-0.15, -0.1) is 12.4 Å². The Labute approximate surface area is 132 Å². The van der Waals surface area contributed by atoms with Gasteiger partial charge in [-0.3, -0.25) is 4.68 Å². The molecule has 2 aromatic rings. The number of hydrogen-bond donors (Lipinski definition) is 1. The fraction of sp³-hybridized carbons (Fsp3) is 0.357. The molecular weight excluding hydrogens is 319 g/mol. The van der Waals surface area contributed by atoms with E-state index in [2.05, 4.69) is 10.4 Å². The van der Waals surface area contributed by atoms with Crippen molar-refractivity contribution < 1.29 is 17.9 Å². The number of hydrogen-bond acceptors (Lipinski definition) is 3. The zero-order valence-electron chi connectivity index (χ0n) is 11.9. The molecule has 0 aliphatic rings. The number of nitrogens with one attached hydrogen (secondary N) is 1. The van der Waals surface area contributed by atoms with Gasteiger partial charge in [-0.1, -0.05) is 18.2 Å². The Morgan fingerprint density at radius 1 is 1.18 bits per heavy atom. The fourth-order valence-corrected chi connectivity index (χ4v) is 1.94. The van der Waals surface area contributed by atoms with E-state index < -0.39 is 12.7 Å². The molecule has 0 amide bonds. The standard InChI is InChI=1S/C14H16F3N3O.ClH/c1-21-13-5-3-2-4-11(13)8-18-9-12-6-7-20(19-12)10-14(15,16)17;/h2-7,18H,8-10H2,1H3;1H. The summed E-state index contributed by atoms with van der Waals surface area (Å²) in [7, 11) is 1.59. The van der Waals surface area contributed by atoms with Crippen LogP contribution in [0.25, 0.3) is 0 Å². The third-order valence-corrected chi connectivity index (χ3v) is 2.85. The third kappa shape index (κ3) is 5.57. The van der Waals surface area contributed by atoms with E-state index in [0.29, 0.717) is 18.8 Å². The highest BCUT2D eigenvalue weighted by Crippen LogP contribution is 2.18. The molecule has 1 heterocycles. The van der Waals surface area contributed by atoms with Crippen molar-refractivity contribution in [3.63, 3.8) is 0 Å². The van der Waals surface area contributed by atoms with Crippen LogP contribution in [-0.4, -0.2) is 23.1 Å². The second-order valence-electron chi connectivity index (χ2n) is 4.54. The Morgan fingerprint density at radius 3 is 2.59 bits per heavy atom. The van der Waals surface area contributed by atoms with Gasteiger partial charge >= 0.3 is 6.18 Å². The van der Waals surface area contributed by atoms with Crippen LogP contribution in [0.1, 0.15) is 11.3 Å². The van der Waals surface area contributed by atoms with Crippen LogP contribution in [0.4, 0.5) is 13.2 Å². The molecule has 0 aliphatic carbocycles. The van der Waals surface area contributed by atoms with Crippen molar-refractivity contribution in [3.05, 3.63) is 47.8 Å². The zero-order valence-corrected chi connectivity index (χ0v) is 12.7. The molecular formula is C14H17ClF3N3O. The number of ether oxygens (including phenoxy) is 1. The summed E-state index contributed by atoms with van der Waals surface area (Å²) >= 11 is 0.